The number of hydrogen-bond acceptors (Lipinski definition) is 3. The van der Waals surface area contributed by atoms with E-state index in [4.69, 9.17) is 5.73 Å². The van der Waals surface area contributed by atoms with Gasteiger partial charge in [0, 0.05) is 18.8 Å². The number of alkyl halides is 3. The second-order valence-electron chi connectivity index (χ2n) is 4.37. The molecule has 1 amide bonds. The summed E-state index contributed by atoms with van der Waals surface area (Å²) in [5.74, 6) is -0.457. The van der Waals surface area contributed by atoms with Crippen molar-refractivity contribution >= 4 is 17.3 Å². The number of nitrogen functional groups attached to an aromatic ring is 1. The van der Waals surface area contributed by atoms with Gasteiger partial charge < -0.3 is 10.6 Å². The third-order valence-corrected chi connectivity index (χ3v) is 2.95. The molecule has 0 spiro atoms. The summed E-state index contributed by atoms with van der Waals surface area (Å²) in [6, 6.07) is 5.57. The van der Waals surface area contributed by atoms with Crippen LogP contribution in [0.25, 0.3) is 0 Å². The van der Waals surface area contributed by atoms with Gasteiger partial charge in [0.05, 0.1) is 23.1 Å². The molecule has 0 fully saturated rings. The zero-order valence-corrected chi connectivity index (χ0v) is 11.1. The highest BCUT2D eigenvalue weighted by molar-refractivity contribution is 6.07. The second kappa shape index (κ2) is 5.43. The van der Waals surface area contributed by atoms with Crippen LogP contribution in [0.2, 0.25) is 0 Å². The first kappa shape index (κ1) is 14.8. The molecule has 0 saturated heterocycles. The number of anilines is 2. The number of rotatable bonds is 2. The number of carbonyl (C=O) groups is 1. The van der Waals surface area contributed by atoms with Gasteiger partial charge in [0.1, 0.15) is 0 Å². The van der Waals surface area contributed by atoms with E-state index in [9.17, 15) is 18.0 Å². The summed E-state index contributed by atoms with van der Waals surface area (Å²) in [6.07, 6.45) is -1.56. The van der Waals surface area contributed by atoms with Crippen molar-refractivity contribution in [2.45, 2.75) is 6.18 Å². The van der Waals surface area contributed by atoms with Crippen molar-refractivity contribution in [3.63, 3.8) is 0 Å². The average Bonchev–Trinajstić information content (AvgIpc) is 2.45. The third-order valence-electron chi connectivity index (χ3n) is 2.95. The lowest BCUT2D eigenvalue weighted by atomic mass is 10.1. The van der Waals surface area contributed by atoms with Gasteiger partial charge in [-0.3, -0.25) is 9.78 Å². The number of benzene rings is 1. The summed E-state index contributed by atoms with van der Waals surface area (Å²) in [5.41, 5.74) is 5.80. The number of carbonyl (C=O) groups excluding carboxylic acids is 1. The molecule has 1 aromatic heterocycles. The summed E-state index contributed by atoms with van der Waals surface area (Å²) in [4.78, 5) is 17.3. The Morgan fingerprint density at radius 3 is 2.33 bits per heavy atom. The van der Waals surface area contributed by atoms with Gasteiger partial charge in [0.25, 0.3) is 5.91 Å². The quantitative estimate of drug-likeness (QED) is 0.926. The van der Waals surface area contributed by atoms with Crippen molar-refractivity contribution in [1.82, 2.24) is 4.98 Å². The van der Waals surface area contributed by atoms with Gasteiger partial charge in [0.15, 0.2) is 0 Å². The molecular weight excluding hydrogens is 283 g/mol. The number of nitrogens with two attached hydrogens (primary N) is 1. The summed E-state index contributed by atoms with van der Waals surface area (Å²) < 4.78 is 37.4. The van der Waals surface area contributed by atoms with E-state index in [1.165, 1.54) is 24.3 Å². The smallest absolute Gasteiger partial charge is 0.396 e. The molecule has 0 aliphatic carbocycles. The molecule has 1 heterocycles. The lowest BCUT2D eigenvalue weighted by molar-refractivity contribution is -0.137. The third kappa shape index (κ3) is 3.13. The Morgan fingerprint density at radius 2 is 1.81 bits per heavy atom. The van der Waals surface area contributed by atoms with Gasteiger partial charge in [-0.2, -0.15) is 13.2 Å². The Bertz CT molecular complexity index is 653. The minimum atomic E-state index is -4.43. The van der Waals surface area contributed by atoms with Crippen LogP contribution in [0.5, 0.6) is 0 Å². The van der Waals surface area contributed by atoms with Gasteiger partial charge in [-0.15, -0.1) is 0 Å². The highest BCUT2D eigenvalue weighted by atomic mass is 19.4. The molecule has 21 heavy (non-hydrogen) atoms. The summed E-state index contributed by atoms with van der Waals surface area (Å²) in [6.45, 7) is 0. The zero-order valence-electron chi connectivity index (χ0n) is 11.1. The Kier molecular flexibility index (Phi) is 3.84. The van der Waals surface area contributed by atoms with Crippen LogP contribution in [-0.4, -0.2) is 17.9 Å². The van der Waals surface area contributed by atoms with Gasteiger partial charge in [-0.1, -0.05) is 0 Å². The van der Waals surface area contributed by atoms with Crippen LogP contribution in [0.1, 0.15) is 15.9 Å². The van der Waals surface area contributed by atoms with Crippen molar-refractivity contribution in [3.05, 3.63) is 53.9 Å². The minimum absolute atomic E-state index is 0.140. The monoisotopic (exact) mass is 295 g/mol. The summed E-state index contributed by atoms with van der Waals surface area (Å²) >= 11 is 0. The van der Waals surface area contributed by atoms with Gasteiger partial charge >= 0.3 is 6.18 Å². The number of pyridine rings is 1. The molecule has 0 unspecified atom stereocenters. The molecule has 0 atom stereocenters. The molecule has 2 aromatic rings. The second-order valence-corrected chi connectivity index (χ2v) is 4.37. The predicted octanol–water partition coefficient (Wildman–Crippen LogP) is 2.96. The fourth-order valence-electron chi connectivity index (χ4n) is 1.81. The van der Waals surface area contributed by atoms with E-state index in [1.54, 1.807) is 6.07 Å². The number of nitrogens with zero attached hydrogens (tertiary/aromatic N) is 2. The lowest BCUT2D eigenvalue weighted by Gasteiger charge is -2.19. The molecule has 4 nitrogen and oxygen atoms in total. The van der Waals surface area contributed by atoms with E-state index in [-0.39, 0.29) is 5.56 Å². The van der Waals surface area contributed by atoms with Gasteiger partial charge in [-0.05, 0) is 30.3 Å². The average molecular weight is 295 g/mol. The molecule has 7 heteroatoms. The van der Waals surface area contributed by atoms with Crippen LogP contribution in [-0.2, 0) is 6.18 Å². The normalized spacial score (nSPS) is 11.2. The topological polar surface area (TPSA) is 59.2 Å². The largest absolute Gasteiger partial charge is 0.416 e. The molecule has 2 rings (SSSR count). The fraction of sp³-hybridized carbons (Fsp3) is 0.143. The highest BCUT2D eigenvalue weighted by Gasteiger charge is 2.30. The highest BCUT2D eigenvalue weighted by Crippen LogP contribution is 2.29. The van der Waals surface area contributed by atoms with Crippen molar-refractivity contribution in [3.8, 4) is 0 Å². The van der Waals surface area contributed by atoms with Gasteiger partial charge in [0.2, 0.25) is 0 Å². The number of amides is 1. The molecule has 0 aliphatic heterocycles. The first-order valence-electron chi connectivity index (χ1n) is 5.95. The van der Waals surface area contributed by atoms with Crippen molar-refractivity contribution < 1.29 is 18.0 Å². The van der Waals surface area contributed by atoms with E-state index in [1.807, 2.05) is 0 Å². The van der Waals surface area contributed by atoms with Crippen molar-refractivity contribution in [2.24, 2.45) is 0 Å². The SMILES string of the molecule is CN(C(=O)c1ccc(C(F)(F)F)cc1)c1ccncc1N. The maximum Gasteiger partial charge on any atom is 0.416 e. The van der Waals surface area contributed by atoms with Crippen molar-refractivity contribution in [1.29, 1.82) is 0 Å². The van der Waals surface area contributed by atoms with Crippen LogP contribution < -0.4 is 10.6 Å². The molecule has 1 aromatic carbocycles. The molecule has 2 N–H and O–H groups in total. The first-order chi connectivity index (χ1) is 9.80. The Hall–Kier alpha value is -2.57. The first-order valence-corrected chi connectivity index (χ1v) is 5.95. The van der Waals surface area contributed by atoms with E-state index in [2.05, 4.69) is 4.98 Å². The fourth-order valence-corrected chi connectivity index (χ4v) is 1.81. The number of halogens is 3. The Balaban J connectivity index is 2.26. The Morgan fingerprint density at radius 1 is 1.19 bits per heavy atom. The standard InChI is InChI=1S/C14H12F3N3O/c1-20(12-6-7-19-8-11(12)18)13(21)9-2-4-10(5-3-9)14(15,16)17/h2-8H,18H2,1H3. The van der Waals surface area contributed by atoms with Crippen LogP contribution in [0.15, 0.2) is 42.7 Å². The van der Waals surface area contributed by atoms with E-state index in [0.29, 0.717) is 11.4 Å². The van der Waals surface area contributed by atoms with Gasteiger partial charge in [-0.25, -0.2) is 0 Å². The number of aromatic nitrogens is 1. The minimum Gasteiger partial charge on any atom is -0.396 e. The van der Waals surface area contributed by atoms with Crippen LogP contribution in [0.4, 0.5) is 24.5 Å². The molecular formula is C14H12F3N3O. The van der Waals surface area contributed by atoms with E-state index in [0.717, 1.165) is 24.3 Å². The molecule has 0 saturated carbocycles. The predicted molar refractivity (Wildman–Crippen MR) is 72.8 cm³/mol. The van der Waals surface area contributed by atoms with Crippen LogP contribution in [0, 0.1) is 0 Å². The van der Waals surface area contributed by atoms with E-state index >= 15 is 0 Å². The Labute approximate surface area is 119 Å². The number of hydrogen-bond donors (Lipinski definition) is 1. The molecule has 0 aliphatic rings. The maximum absolute atomic E-state index is 12.5. The van der Waals surface area contributed by atoms with Crippen LogP contribution >= 0.6 is 0 Å². The zero-order chi connectivity index (χ0) is 15.6. The summed E-state index contributed by atoms with van der Waals surface area (Å²) in [5, 5.41) is 0. The molecule has 0 radical (unpaired) electrons. The van der Waals surface area contributed by atoms with Crippen LogP contribution in [0.3, 0.4) is 0 Å². The van der Waals surface area contributed by atoms with E-state index < -0.39 is 17.6 Å². The summed E-state index contributed by atoms with van der Waals surface area (Å²) in [7, 11) is 1.49. The molecule has 0 bridgehead atoms. The van der Waals surface area contributed by atoms with Crippen molar-refractivity contribution in [2.75, 3.05) is 17.7 Å². The maximum atomic E-state index is 12.5. The molecule has 110 valence electrons. The lowest BCUT2D eigenvalue weighted by Crippen LogP contribution is -2.27.